The lowest BCUT2D eigenvalue weighted by molar-refractivity contribution is 0.0692. The van der Waals surface area contributed by atoms with E-state index in [1.165, 1.54) is 6.07 Å². The summed E-state index contributed by atoms with van der Waals surface area (Å²) < 4.78 is 14.9. The lowest BCUT2D eigenvalue weighted by Crippen LogP contribution is -2.03. The predicted molar refractivity (Wildman–Crippen MR) is 54.7 cm³/mol. The zero-order valence-corrected chi connectivity index (χ0v) is 8.64. The van der Waals surface area contributed by atoms with Crippen molar-refractivity contribution in [2.24, 2.45) is 0 Å². The van der Waals surface area contributed by atoms with Gasteiger partial charge in [0.2, 0.25) is 0 Å². The molecule has 0 fully saturated rings. The molecule has 2 aromatic rings. The van der Waals surface area contributed by atoms with Crippen molar-refractivity contribution < 1.29 is 14.3 Å². The number of rotatable bonds is 3. The highest BCUT2D eigenvalue weighted by molar-refractivity contribution is 5.92. The van der Waals surface area contributed by atoms with E-state index in [2.05, 4.69) is 10.3 Å². The van der Waals surface area contributed by atoms with Gasteiger partial charge in [0.1, 0.15) is 11.3 Å². The number of nitrogens with zero attached hydrogens (tertiary/aromatic N) is 3. The molecule has 0 saturated carbocycles. The first-order valence-corrected chi connectivity index (χ1v) is 4.89. The molecule has 0 aliphatic heterocycles. The van der Waals surface area contributed by atoms with Crippen molar-refractivity contribution in [3.05, 3.63) is 23.5 Å². The minimum absolute atomic E-state index is 0.354. The van der Waals surface area contributed by atoms with Crippen molar-refractivity contribution in [3.8, 4) is 0 Å². The van der Waals surface area contributed by atoms with Gasteiger partial charge in [0.25, 0.3) is 0 Å². The van der Waals surface area contributed by atoms with Crippen LogP contribution in [-0.2, 0) is 6.54 Å². The molecular formula is C10H10FN3O2. The Bertz CT molecular complexity index is 550. The molecule has 0 bridgehead atoms. The molecule has 1 heterocycles. The van der Waals surface area contributed by atoms with Crippen LogP contribution in [0.4, 0.5) is 4.39 Å². The van der Waals surface area contributed by atoms with Crippen LogP contribution in [0.2, 0.25) is 0 Å². The SMILES string of the molecule is CCCn1nnc2cc(F)c(C(=O)O)cc21. The highest BCUT2D eigenvalue weighted by Crippen LogP contribution is 2.17. The van der Waals surface area contributed by atoms with Gasteiger partial charge < -0.3 is 5.11 Å². The van der Waals surface area contributed by atoms with E-state index in [4.69, 9.17) is 5.11 Å². The number of carboxylic acids is 1. The smallest absolute Gasteiger partial charge is 0.338 e. The maximum atomic E-state index is 13.3. The zero-order chi connectivity index (χ0) is 11.7. The molecule has 1 N–H and O–H groups in total. The number of hydrogen-bond acceptors (Lipinski definition) is 3. The van der Waals surface area contributed by atoms with Gasteiger partial charge in [0, 0.05) is 12.6 Å². The van der Waals surface area contributed by atoms with E-state index in [0.29, 0.717) is 17.6 Å². The van der Waals surface area contributed by atoms with Crippen LogP contribution >= 0.6 is 0 Å². The average Bonchev–Trinajstić information content (AvgIpc) is 2.60. The zero-order valence-electron chi connectivity index (χ0n) is 8.64. The summed E-state index contributed by atoms with van der Waals surface area (Å²) in [5.41, 5.74) is 0.559. The van der Waals surface area contributed by atoms with Crippen LogP contribution in [0.15, 0.2) is 12.1 Å². The first kappa shape index (κ1) is 10.5. The second kappa shape index (κ2) is 3.88. The Morgan fingerprint density at radius 1 is 1.56 bits per heavy atom. The summed E-state index contributed by atoms with van der Waals surface area (Å²) in [6.45, 7) is 2.59. The first-order valence-electron chi connectivity index (χ1n) is 4.89. The minimum atomic E-state index is -1.29. The van der Waals surface area contributed by atoms with Crippen molar-refractivity contribution in [3.63, 3.8) is 0 Å². The third-order valence-corrected chi connectivity index (χ3v) is 2.27. The molecule has 84 valence electrons. The van der Waals surface area contributed by atoms with E-state index in [-0.39, 0.29) is 5.56 Å². The topological polar surface area (TPSA) is 68.0 Å². The van der Waals surface area contributed by atoms with Gasteiger partial charge in [-0.3, -0.25) is 0 Å². The van der Waals surface area contributed by atoms with Gasteiger partial charge >= 0.3 is 5.97 Å². The molecule has 0 amide bonds. The third-order valence-electron chi connectivity index (χ3n) is 2.27. The number of aromatic carboxylic acids is 1. The number of hydrogen-bond donors (Lipinski definition) is 1. The van der Waals surface area contributed by atoms with Gasteiger partial charge in [0.15, 0.2) is 0 Å². The fourth-order valence-electron chi connectivity index (χ4n) is 1.53. The molecule has 1 aromatic heterocycles. The summed E-state index contributed by atoms with van der Waals surface area (Å²) in [6.07, 6.45) is 0.845. The van der Waals surface area contributed by atoms with Gasteiger partial charge in [-0.15, -0.1) is 5.10 Å². The Morgan fingerprint density at radius 2 is 2.31 bits per heavy atom. The Balaban J connectivity index is 2.64. The van der Waals surface area contributed by atoms with Crippen LogP contribution in [0.1, 0.15) is 23.7 Å². The molecule has 0 spiro atoms. The van der Waals surface area contributed by atoms with Crippen molar-refractivity contribution >= 4 is 17.0 Å². The molecule has 6 heteroatoms. The van der Waals surface area contributed by atoms with Gasteiger partial charge in [-0.25, -0.2) is 13.9 Å². The number of aromatic nitrogens is 3. The number of halogens is 1. The molecule has 2 rings (SSSR count). The minimum Gasteiger partial charge on any atom is -0.478 e. The van der Waals surface area contributed by atoms with Crippen molar-refractivity contribution in [2.45, 2.75) is 19.9 Å². The molecule has 0 unspecified atom stereocenters. The van der Waals surface area contributed by atoms with Gasteiger partial charge in [-0.2, -0.15) is 0 Å². The number of fused-ring (bicyclic) bond motifs is 1. The Labute approximate surface area is 90.5 Å². The number of carbonyl (C=O) groups is 1. The van der Waals surface area contributed by atoms with Crippen molar-refractivity contribution in [1.82, 2.24) is 15.0 Å². The quantitative estimate of drug-likeness (QED) is 0.859. The van der Waals surface area contributed by atoms with Crippen molar-refractivity contribution in [1.29, 1.82) is 0 Å². The van der Waals surface area contributed by atoms with E-state index in [1.54, 1.807) is 4.68 Å². The molecule has 5 nitrogen and oxygen atoms in total. The van der Waals surface area contributed by atoms with Crippen LogP contribution in [-0.4, -0.2) is 26.1 Å². The Kier molecular flexibility index (Phi) is 2.55. The highest BCUT2D eigenvalue weighted by atomic mass is 19.1. The van der Waals surface area contributed by atoms with Gasteiger partial charge in [0.05, 0.1) is 11.1 Å². The molecule has 0 aliphatic rings. The van der Waals surface area contributed by atoms with E-state index in [9.17, 15) is 9.18 Å². The second-order valence-corrected chi connectivity index (χ2v) is 3.44. The standard InChI is InChI=1S/C10H10FN3O2/c1-2-3-14-9-4-6(10(15)16)7(11)5-8(9)12-13-14/h4-5H,2-3H2,1H3,(H,15,16). The molecule has 0 radical (unpaired) electrons. The molecule has 1 aromatic carbocycles. The number of carboxylic acid groups (broad SMARTS) is 1. The summed E-state index contributed by atoms with van der Waals surface area (Å²) in [4.78, 5) is 10.8. The molecular weight excluding hydrogens is 213 g/mol. The summed E-state index contributed by atoms with van der Waals surface area (Å²) in [5, 5.41) is 16.4. The first-order chi connectivity index (χ1) is 7.63. The monoisotopic (exact) mass is 223 g/mol. The molecule has 0 saturated heterocycles. The highest BCUT2D eigenvalue weighted by Gasteiger charge is 2.14. The van der Waals surface area contributed by atoms with Crippen LogP contribution in [0.25, 0.3) is 11.0 Å². The third kappa shape index (κ3) is 1.62. The van der Waals surface area contributed by atoms with E-state index >= 15 is 0 Å². The summed E-state index contributed by atoms with van der Waals surface area (Å²) in [6, 6.07) is 2.36. The summed E-state index contributed by atoms with van der Waals surface area (Å²) in [5.74, 6) is -2.08. The van der Waals surface area contributed by atoms with Crippen LogP contribution < -0.4 is 0 Å². The fraction of sp³-hybridized carbons (Fsp3) is 0.300. The van der Waals surface area contributed by atoms with Gasteiger partial charge in [-0.05, 0) is 12.5 Å². The summed E-state index contributed by atoms with van der Waals surface area (Å²) in [7, 11) is 0. The average molecular weight is 223 g/mol. The fourth-order valence-corrected chi connectivity index (χ4v) is 1.53. The van der Waals surface area contributed by atoms with Crippen molar-refractivity contribution in [2.75, 3.05) is 0 Å². The normalized spacial score (nSPS) is 10.9. The van der Waals surface area contributed by atoms with Crippen LogP contribution in [0.5, 0.6) is 0 Å². The summed E-state index contributed by atoms with van der Waals surface area (Å²) >= 11 is 0. The number of benzene rings is 1. The Morgan fingerprint density at radius 3 is 2.94 bits per heavy atom. The molecule has 0 atom stereocenters. The number of aryl methyl sites for hydroxylation is 1. The maximum Gasteiger partial charge on any atom is 0.338 e. The van der Waals surface area contributed by atoms with Crippen LogP contribution in [0.3, 0.4) is 0 Å². The maximum absolute atomic E-state index is 13.3. The lowest BCUT2D eigenvalue weighted by atomic mass is 10.2. The second-order valence-electron chi connectivity index (χ2n) is 3.44. The Hall–Kier alpha value is -1.98. The van der Waals surface area contributed by atoms with Crippen LogP contribution in [0, 0.1) is 5.82 Å². The molecule has 16 heavy (non-hydrogen) atoms. The largest absolute Gasteiger partial charge is 0.478 e. The lowest BCUT2D eigenvalue weighted by Gasteiger charge is -2.00. The van der Waals surface area contributed by atoms with E-state index in [1.807, 2.05) is 6.92 Å². The van der Waals surface area contributed by atoms with E-state index < -0.39 is 11.8 Å². The predicted octanol–water partition coefficient (Wildman–Crippen LogP) is 1.68. The van der Waals surface area contributed by atoms with E-state index in [0.717, 1.165) is 12.5 Å². The van der Waals surface area contributed by atoms with Gasteiger partial charge in [-0.1, -0.05) is 12.1 Å². The molecule has 0 aliphatic carbocycles.